The molecule has 0 aliphatic heterocycles. The fraction of sp³-hybridized carbons (Fsp3) is 0.417. The number of nitrogens with one attached hydrogen (secondary N) is 1. The summed E-state index contributed by atoms with van der Waals surface area (Å²) in [6.07, 6.45) is 0.822. The zero-order valence-corrected chi connectivity index (χ0v) is 9.62. The van der Waals surface area contributed by atoms with Gasteiger partial charge in [0.2, 0.25) is 0 Å². The normalized spacial score (nSPS) is 9.88. The number of ether oxygens (including phenoxy) is 1. The van der Waals surface area contributed by atoms with Gasteiger partial charge in [0.05, 0.1) is 7.11 Å². The topological polar surface area (TPSA) is 58.6 Å². The number of carbonyl (C=O) groups is 1. The summed E-state index contributed by atoms with van der Waals surface area (Å²) in [5, 5.41) is 11.7. The first kappa shape index (κ1) is 12.4. The van der Waals surface area contributed by atoms with Crippen molar-refractivity contribution in [2.45, 2.75) is 19.8 Å². The van der Waals surface area contributed by atoms with Gasteiger partial charge in [0.1, 0.15) is 5.75 Å². The predicted molar refractivity (Wildman–Crippen MR) is 63.1 cm³/mol. The molecule has 1 aromatic carbocycles. The number of aliphatic carboxylic acids is 1. The van der Waals surface area contributed by atoms with Crippen LogP contribution in [0, 0.1) is 6.92 Å². The third-order valence-electron chi connectivity index (χ3n) is 2.29. The van der Waals surface area contributed by atoms with E-state index in [2.05, 4.69) is 5.32 Å². The van der Waals surface area contributed by atoms with Gasteiger partial charge in [-0.1, -0.05) is 0 Å². The lowest BCUT2D eigenvalue weighted by Gasteiger charge is -2.09. The highest BCUT2D eigenvalue weighted by atomic mass is 16.5. The van der Waals surface area contributed by atoms with E-state index in [1.54, 1.807) is 7.11 Å². The zero-order valence-electron chi connectivity index (χ0n) is 9.62. The van der Waals surface area contributed by atoms with Gasteiger partial charge in [-0.2, -0.15) is 0 Å². The number of carboxylic acids is 1. The average molecular weight is 223 g/mol. The van der Waals surface area contributed by atoms with Crippen LogP contribution in [-0.4, -0.2) is 24.7 Å². The monoisotopic (exact) mass is 223 g/mol. The third-order valence-corrected chi connectivity index (χ3v) is 2.29. The zero-order chi connectivity index (χ0) is 12.0. The van der Waals surface area contributed by atoms with Gasteiger partial charge in [-0.25, -0.2) is 0 Å². The minimum Gasteiger partial charge on any atom is -0.496 e. The van der Waals surface area contributed by atoms with Crippen LogP contribution in [0.2, 0.25) is 0 Å². The van der Waals surface area contributed by atoms with Crippen molar-refractivity contribution in [1.82, 2.24) is 0 Å². The number of anilines is 1. The van der Waals surface area contributed by atoms with Crippen LogP contribution in [0.3, 0.4) is 0 Å². The maximum absolute atomic E-state index is 10.3. The highest BCUT2D eigenvalue weighted by molar-refractivity contribution is 5.66. The Hall–Kier alpha value is -1.71. The molecule has 88 valence electrons. The number of rotatable bonds is 6. The van der Waals surface area contributed by atoms with E-state index in [1.807, 2.05) is 25.1 Å². The lowest BCUT2D eigenvalue weighted by atomic mass is 10.2. The molecule has 4 nitrogen and oxygen atoms in total. The first-order valence-corrected chi connectivity index (χ1v) is 5.24. The first-order valence-electron chi connectivity index (χ1n) is 5.24. The second-order valence-corrected chi connectivity index (χ2v) is 3.61. The second-order valence-electron chi connectivity index (χ2n) is 3.61. The first-order chi connectivity index (χ1) is 7.63. The molecule has 0 aromatic heterocycles. The lowest BCUT2D eigenvalue weighted by Crippen LogP contribution is -2.05. The molecule has 4 heteroatoms. The van der Waals surface area contributed by atoms with Crippen molar-refractivity contribution in [2.24, 2.45) is 0 Å². The highest BCUT2D eigenvalue weighted by Gasteiger charge is 2.00. The van der Waals surface area contributed by atoms with Gasteiger partial charge in [0.15, 0.2) is 0 Å². The summed E-state index contributed by atoms with van der Waals surface area (Å²) in [7, 11) is 1.64. The van der Waals surface area contributed by atoms with E-state index < -0.39 is 5.97 Å². The average Bonchev–Trinajstić information content (AvgIpc) is 2.24. The number of methoxy groups -OCH3 is 1. The maximum atomic E-state index is 10.3. The summed E-state index contributed by atoms with van der Waals surface area (Å²) in [6.45, 7) is 2.64. The second kappa shape index (κ2) is 6.00. The highest BCUT2D eigenvalue weighted by Crippen LogP contribution is 2.21. The van der Waals surface area contributed by atoms with E-state index in [9.17, 15) is 4.79 Å². The van der Waals surface area contributed by atoms with Crippen LogP contribution in [0.25, 0.3) is 0 Å². The maximum Gasteiger partial charge on any atom is 0.303 e. The molecular formula is C12H17NO3. The Bertz CT molecular complexity index is 363. The molecule has 0 radical (unpaired) electrons. The van der Waals surface area contributed by atoms with E-state index in [0.717, 1.165) is 17.0 Å². The van der Waals surface area contributed by atoms with Crippen molar-refractivity contribution in [3.63, 3.8) is 0 Å². The molecule has 0 fully saturated rings. The molecule has 0 aliphatic carbocycles. The molecule has 0 atom stereocenters. The molecule has 0 unspecified atom stereocenters. The minimum atomic E-state index is -0.757. The SMILES string of the molecule is COc1ccc(NCCCC(=O)O)cc1C. The Labute approximate surface area is 95.2 Å². The minimum absolute atomic E-state index is 0.197. The van der Waals surface area contributed by atoms with Crippen LogP contribution in [0.1, 0.15) is 18.4 Å². The van der Waals surface area contributed by atoms with Gasteiger partial charge in [-0.05, 0) is 37.1 Å². The number of benzene rings is 1. The van der Waals surface area contributed by atoms with Crippen LogP contribution in [0.5, 0.6) is 5.75 Å². The summed E-state index contributed by atoms with van der Waals surface area (Å²) in [5.74, 6) is 0.101. The van der Waals surface area contributed by atoms with E-state index in [0.29, 0.717) is 13.0 Å². The Morgan fingerprint density at radius 3 is 2.81 bits per heavy atom. The Morgan fingerprint density at radius 1 is 1.50 bits per heavy atom. The molecule has 1 rings (SSSR count). The molecule has 0 spiro atoms. The van der Waals surface area contributed by atoms with E-state index in [-0.39, 0.29) is 6.42 Å². The van der Waals surface area contributed by atoms with Crippen LogP contribution < -0.4 is 10.1 Å². The van der Waals surface area contributed by atoms with Crippen molar-refractivity contribution in [3.8, 4) is 5.75 Å². The Morgan fingerprint density at radius 2 is 2.25 bits per heavy atom. The molecule has 1 aromatic rings. The predicted octanol–water partition coefficient (Wildman–Crippen LogP) is 2.28. The van der Waals surface area contributed by atoms with Gasteiger partial charge in [0, 0.05) is 18.7 Å². The molecule has 0 saturated carbocycles. The summed E-state index contributed by atoms with van der Waals surface area (Å²) < 4.78 is 5.15. The molecule has 0 amide bonds. The Balaban J connectivity index is 2.43. The van der Waals surface area contributed by atoms with Gasteiger partial charge in [0.25, 0.3) is 0 Å². The summed E-state index contributed by atoms with van der Waals surface area (Å²) in [5.41, 5.74) is 2.05. The third kappa shape index (κ3) is 3.81. The summed E-state index contributed by atoms with van der Waals surface area (Å²) >= 11 is 0. The van der Waals surface area contributed by atoms with Gasteiger partial charge in [-0.15, -0.1) is 0 Å². The van der Waals surface area contributed by atoms with Crippen molar-refractivity contribution in [2.75, 3.05) is 19.0 Å². The standard InChI is InChI=1S/C12H17NO3/c1-9-8-10(5-6-11(9)16-2)13-7-3-4-12(14)15/h5-6,8,13H,3-4,7H2,1-2H3,(H,14,15). The van der Waals surface area contributed by atoms with E-state index >= 15 is 0 Å². The van der Waals surface area contributed by atoms with Crippen molar-refractivity contribution < 1.29 is 14.6 Å². The molecular weight excluding hydrogens is 206 g/mol. The van der Waals surface area contributed by atoms with Gasteiger partial charge < -0.3 is 15.2 Å². The Kier molecular flexibility index (Phi) is 4.64. The molecule has 0 bridgehead atoms. The van der Waals surface area contributed by atoms with Crippen LogP contribution in [-0.2, 0) is 4.79 Å². The molecule has 0 aliphatic rings. The number of hydrogen-bond donors (Lipinski definition) is 2. The van der Waals surface area contributed by atoms with Crippen LogP contribution in [0.4, 0.5) is 5.69 Å². The van der Waals surface area contributed by atoms with E-state index in [4.69, 9.17) is 9.84 Å². The van der Waals surface area contributed by atoms with Crippen molar-refractivity contribution in [3.05, 3.63) is 23.8 Å². The summed E-state index contributed by atoms with van der Waals surface area (Å²) in [6, 6.07) is 5.81. The number of hydrogen-bond acceptors (Lipinski definition) is 3. The largest absolute Gasteiger partial charge is 0.496 e. The lowest BCUT2D eigenvalue weighted by molar-refractivity contribution is -0.137. The number of aryl methyl sites for hydroxylation is 1. The van der Waals surface area contributed by atoms with Crippen LogP contribution in [0.15, 0.2) is 18.2 Å². The fourth-order valence-corrected chi connectivity index (χ4v) is 1.46. The van der Waals surface area contributed by atoms with Crippen molar-refractivity contribution >= 4 is 11.7 Å². The molecule has 2 N–H and O–H groups in total. The molecule has 0 saturated heterocycles. The number of carboxylic acid groups (broad SMARTS) is 1. The van der Waals surface area contributed by atoms with Gasteiger partial charge in [-0.3, -0.25) is 4.79 Å². The molecule has 16 heavy (non-hydrogen) atoms. The van der Waals surface area contributed by atoms with Gasteiger partial charge >= 0.3 is 5.97 Å². The quantitative estimate of drug-likeness (QED) is 0.726. The smallest absolute Gasteiger partial charge is 0.303 e. The van der Waals surface area contributed by atoms with E-state index in [1.165, 1.54) is 0 Å². The summed E-state index contributed by atoms with van der Waals surface area (Å²) in [4.78, 5) is 10.3. The fourth-order valence-electron chi connectivity index (χ4n) is 1.46. The van der Waals surface area contributed by atoms with Crippen molar-refractivity contribution in [1.29, 1.82) is 0 Å². The molecule has 0 heterocycles. The van der Waals surface area contributed by atoms with Crippen LogP contribution >= 0.6 is 0 Å².